The number of anilines is 2. The number of hydrogen-bond donors (Lipinski definition) is 2. The molecule has 5 heterocycles. The van der Waals surface area contributed by atoms with Crippen LogP contribution >= 0.6 is 0 Å². The second-order valence-corrected chi connectivity index (χ2v) is 12.4. The molecular formula is C30H38N8O4. The Labute approximate surface area is 244 Å². The molecule has 3 aromatic rings. The lowest BCUT2D eigenvalue weighted by Crippen LogP contribution is -2.57. The Kier molecular flexibility index (Phi) is 7.24. The SMILES string of the molecule is CNC(=O)c1cc2cnc(Nc3ccc(C(=O)N4CC5CCC(C4)N5C(=O)OC(C)(C)C)cn3)nc2n1C1CCCC1. The van der Waals surface area contributed by atoms with Gasteiger partial charge in [0.25, 0.3) is 11.8 Å². The lowest BCUT2D eigenvalue weighted by molar-refractivity contribution is -0.00336. The molecule has 42 heavy (non-hydrogen) atoms. The van der Waals surface area contributed by atoms with Crippen LogP contribution in [0.2, 0.25) is 0 Å². The van der Waals surface area contributed by atoms with Gasteiger partial charge in [-0.05, 0) is 64.7 Å². The summed E-state index contributed by atoms with van der Waals surface area (Å²) in [7, 11) is 1.63. The average Bonchev–Trinajstić information content (AvgIpc) is 3.68. The van der Waals surface area contributed by atoms with Crippen molar-refractivity contribution in [3.05, 3.63) is 41.9 Å². The third kappa shape index (κ3) is 5.37. The van der Waals surface area contributed by atoms with Crippen LogP contribution in [0.3, 0.4) is 0 Å². The first-order valence-electron chi connectivity index (χ1n) is 14.7. The monoisotopic (exact) mass is 574 g/mol. The molecule has 3 aromatic heterocycles. The molecule has 222 valence electrons. The Bertz CT molecular complexity index is 1490. The molecule has 3 aliphatic rings. The molecule has 2 aliphatic heterocycles. The van der Waals surface area contributed by atoms with E-state index in [4.69, 9.17) is 9.72 Å². The number of piperazine rings is 1. The number of aromatic nitrogens is 4. The number of carbonyl (C=O) groups excluding carboxylic acids is 3. The molecule has 12 heteroatoms. The summed E-state index contributed by atoms with van der Waals surface area (Å²) in [5.74, 6) is 0.620. The first kappa shape index (κ1) is 27.9. The Morgan fingerprint density at radius 3 is 2.29 bits per heavy atom. The second-order valence-electron chi connectivity index (χ2n) is 12.4. The largest absolute Gasteiger partial charge is 0.444 e. The third-order valence-electron chi connectivity index (χ3n) is 8.35. The third-order valence-corrected chi connectivity index (χ3v) is 8.35. The molecule has 1 saturated carbocycles. The Hall–Kier alpha value is -4.22. The van der Waals surface area contributed by atoms with Crippen LogP contribution in [0.15, 0.2) is 30.6 Å². The molecule has 3 fully saturated rings. The summed E-state index contributed by atoms with van der Waals surface area (Å²) in [6.07, 6.45) is 8.95. The molecule has 3 amide bonds. The van der Waals surface area contributed by atoms with E-state index in [9.17, 15) is 14.4 Å². The predicted molar refractivity (Wildman–Crippen MR) is 157 cm³/mol. The van der Waals surface area contributed by atoms with E-state index in [2.05, 4.69) is 20.6 Å². The number of rotatable bonds is 5. The van der Waals surface area contributed by atoms with E-state index in [1.54, 1.807) is 31.6 Å². The molecule has 0 aromatic carbocycles. The van der Waals surface area contributed by atoms with Gasteiger partial charge in [0.15, 0.2) is 0 Å². The number of carbonyl (C=O) groups is 3. The molecule has 0 radical (unpaired) electrons. The van der Waals surface area contributed by atoms with Crippen LogP contribution in [0.5, 0.6) is 0 Å². The van der Waals surface area contributed by atoms with Crippen molar-refractivity contribution in [3.8, 4) is 0 Å². The van der Waals surface area contributed by atoms with Crippen molar-refractivity contribution in [2.75, 3.05) is 25.5 Å². The summed E-state index contributed by atoms with van der Waals surface area (Å²) < 4.78 is 7.65. The van der Waals surface area contributed by atoms with Crippen molar-refractivity contribution in [2.45, 2.75) is 83.0 Å². The highest BCUT2D eigenvalue weighted by Gasteiger charge is 2.45. The highest BCUT2D eigenvalue weighted by atomic mass is 16.6. The van der Waals surface area contributed by atoms with E-state index in [-0.39, 0.29) is 36.0 Å². The van der Waals surface area contributed by atoms with Crippen LogP contribution in [0.1, 0.15) is 86.2 Å². The van der Waals surface area contributed by atoms with Crippen molar-refractivity contribution < 1.29 is 19.1 Å². The van der Waals surface area contributed by atoms with Gasteiger partial charge < -0.3 is 24.8 Å². The maximum Gasteiger partial charge on any atom is 0.410 e. The Morgan fingerprint density at radius 1 is 0.952 bits per heavy atom. The van der Waals surface area contributed by atoms with Crippen molar-refractivity contribution in [3.63, 3.8) is 0 Å². The zero-order chi connectivity index (χ0) is 29.6. The summed E-state index contributed by atoms with van der Waals surface area (Å²) in [6.45, 7) is 6.53. The molecule has 2 N–H and O–H groups in total. The summed E-state index contributed by atoms with van der Waals surface area (Å²) in [5, 5.41) is 6.68. The van der Waals surface area contributed by atoms with Gasteiger partial charge in [0.1, 0.15) is 22.8 Å². The second kappa shape index (κ2) is 10.9. The van der Waals surface area contributed by atoms with E-state index < -0.39 is 5.60 Å². The Balaban J connectivity index is 1.15. The lowest BCUT2D eigenvalue weighted by Gasteiger charge is -2.41. The molecule has 6 rings (SSSR count). The van der Waals surface area contributed by atoms with E-state index in [1.165, 1.54) is 0 Å². The highest BCUT2D eigenvalue weighted by Crippen LogP contribution is 2.35. The van der Waals surface area contributed by atoms with E-state index in [0.29, 0.717) is 41.8 Å². The minimum atomic E-state index is -0.559. The van der Waals surface area contributed by atoms with Crippen molar-refractivity contribution in [2.24, 2.45) is 0 Å². The fourth-order valence-electron chi connectivity index (χ4n) is 6.48. The van der Waals surface area contributed by atoms with Gasteiger partial charge in [-0.1, -0.05) is 12.8 Å². The molecule has 2 unspecified atom stereocenters. The van der Waals surface area contributed by atoms with Gasteiger partial charge in [-0.15, -0.1) is 0 Å². The smallest absolute Gasteiger partial charge is 0.410 e. The number of likely N-dealkylation sites (tertiary alicyclic amines) is 1. The minimum absolute atomic E-state index is 0.0457. The number of pyridine rings is 1. The van der Waals surface area contributed by atoms with E-state index in [1.807, 2.05) is 41.2 Å². The quantitative estimate of drug-likeness (QED) is 0.462. The summed E-state index contributed by atoms with van der Waals surface area (Å²) in [6, 6.07) is 5.45. The van der Waals surface area contributed by atoms with Crippen LogP contribution in [0.25, 0.3) is 11.0 Å². The van der Waals surface area contributed by atoms with Gasteiger partial charge in [-0.25, -0.2) is 14.8 Å². The topological polar surface area (TPSA) is 135 Å². The van der Waals surface area contributed by atoms with Gasteiger partial charge in [-0.2, -0.15) is 4.98 Å². The molecular weight excluding hydrogens is 536 g/mol. The van der Waals surface area contributed by atoms with Crippen LogP contribution in [0, 0.1) is 0 Å². The fraction of sp³-hybridized carbons (Fsp3) is 0.533. The van der Waals surface area contributed by atoms with Crippen molar-refractivity contribution >= 4 is 40.7 Å². The lowest BCUT2D eigenvalue weighted by atomic mass is 10.1. The number of hydrogen-bond acceptors (Lipinski definition) is 8. The first-order valence-corrected chi connectivity index (χ1v) is 14.7. The highest BCUT2D eigenvalue weighted by molar-refractivity contribution is 5.98. The van der Waals surface area contributed by atoms with E-state index >= 15 is 0 Å². The number of fused-ring (bicyclic) bond motifs is 3. The zero-order valence-electron chi connectivity index (χ0n) is 24.6. The average molecular weight is 575 g/mol. The van der Waals surface area contributed by atoms with Gasteiger partial charge in [0, 0.05) is 44.0 Å². The normalized spacial score (nSPS) is 20.7. The first-order chi connectivity index (χ1) is 20.1. The molecule has 0 spiro atoms. The molecule has 1 aliphatic carbocycles. The summed E-state index contributed by atoms with van der Waals surface area (Å²) in [5.41, 5.74) is 1.22. The molecule has 2 saturated heterocycles. The summed E-state index contributed by atoms with van der Waals surface area (Å²) in [4.78, 5) is 56.0. The molecule has 2 bridgehead atoms. The van der Waals surface area contributed by atoms with Crippen LogP contribution < -0.4 is 10.6 Å². The number of amides is 3. The zero-order valence-corrected chi connectivity index (χ0v) is 24.6. The van der Waals surface area contributed by atoms with Gasteiger partial charge >= 0.3 is 6.09 Å². The fourth-order valence-corrected chi connectivity index (χ4v) is 6.48. The maximum absolute atomic E-state index is 13.4. The number of ether oxygens (including phenoxy) is 1. The molecule has 2 atom stereocenters. The maximum atomic E-state index is 13.4. The number of nitrogens with zero attached hydrogens (tertiary/aromatic N) is 6. The van der Waals surface area contributed by atoms with Gasteiger partial charge in [0.05, 0.1) is 17.6 Å². The minimum Gasteiger partial charge on any atom is -0.444 e. The van der Waals surface area contributed by atoms with E-state index in [0.717, 1.165) is 43.9 Å². The standard InChI is InChI=1S/C30H38N8O4/c1-30(2,3)42-29(41)37-21-10-11-22(37)17-36(16-21)27(40)18-9-12-24(32-14-18)34-28-33-15-19-13-23(26(39)31-4)38(25(19)35-28)20-7-5-6-8-20/h9,12-15,20-22H,5-8,10-11,16-17H2,1-4H3,(H,31,39)(H,32,33,34,35). The van der Waals surface area contributed by atoms with Gasteiger partial charge in [0.2, 0.25) is 5.95 Å². The van der Waals surface area contributed by atoms with Crippen LogP contribution in [0.4, 0.5) is 16.6 Å². The van der Waals surface area contributed by atoms with Crippen LogP contribution in [-0.4, -0.2) is 85.0 Å². The van der Waals surface area contributed by atoms with Gasteiger partial charge in [-0.3, -0.25) is 14.5 Å². The number of nitrogens with one attached hydrogen (secondary N) is 2. The van der Waals surface area contributed by atoms with Crippen LogP contribution in [-0.2, 0) is 4.74 Å². The van der Waals surface area contributed by atoms with Crippen molar-refractivity contribution in [1.82, 2.24) is 34.6 Å². The summed E-state index contributed by atoms with van der Waals surface area (Å²) >= 11 is 0. The Morgan fingerprint density at radius 2 is 1.67 bits per heavy atom. The molecule has 12 nitrogen and oxygen atoms in total. The predicted octanol–water partition coefficient (Wildman–Crippen LogP) is 4.27. The van der Waals surface area contributed by atoms with Crippen molar-refractivity contribution in [1.29, 1.82) is 0 Å².